The molecule has 1 aliphatic rings. The van der Waals surface area contributed by atoms with Crippen LogP contribution in [0.1, 0.15) is 29.6 Å². The molecular formula is C13H17NO2S. The average molecular weight is 251 g/mol. The predicted octanol–water partition coefficient (Wildman–Crippen LogP) is 1.87. The maximum absolute atomic E-state index is 11.8. The Morgan fingerprint density at radius 1 is 1.47 bits per heavy atom. The van der Waals surface area contributed by atoms with Crippen LogP contribution in [0, 0.1) is 5.92 Å². The number of carbonyl (C=O) groups is 1. The van der Waals surface area contributed by atoms with Gasteiger partial charge in [0.2, 0.25) is 0 Å². The van der Waals surface area contributed by atoms with Crippen LogP contribution in [-0.4, -0.2) is 23.7 Å². The van der Waals surface area contributed by atoms with Crippen molar-refractivity contribution in [2.45, 2.75) is 30.3 Å². The first-order valence-corrected chi connectivity index (χ1v) is 6.37. The van der Waals surface area contributed by atoms with Crippen LogP contribution < -0.4 is 5.32 Å². The van der Waals surface area contributed by atoms with E-state index in [2.05, 4.69) is 17.9 Å². The standard InChI is InChI=1S/C13H17NO2S/c15-12-6-2-4-10(12)8-14-13(16)9-3-1-5-11(17)7-9/h1,3,5,7,10,12,15,17H,2,4,6,8H2,(H,14,16). The maximum Gasteiger partial charge on any atom is 0.251 e. The van der Waals surface area contributed by atoms with E-state index in [0.29, 0.717) is 12.1 Å². The van der Waals surface area contributed by atoms with Gasteiger partial charge in [0, 0.05) is 22.9 Å². The molecule has 3 nitrogen and oxygen atoms in total. The zero-order valence-electron chi connectivity index (χ0n) is 9.60. The number of aliphatic hydroxyl groups excluding tert-OH is 1. The summed E-state index contributed by atoms with van der Waals surface area (Å²) in [6, 6.07) is 7.14. The van der Waals surface area contributed by atoms with Crippen LogP contribution in [0.4, 0.5) is 0 Å². The van der Waals surface area contributed by atoms with Crippen molar-refractivity contribution in [1.29, 1.82) is 0 Å². The van der Waals surface area contributed by atoms with Crippen molar-refractivity contribution in [1.82, 2.24) is 5.32 Å². The zero-order chi connectivity index (χ0) is 12.3. The Morgan fingerprint density at radius 3 is 2.94 bits per heavy atom. The fraction of sp³-hybridized carbons (Fsp3) is 0.462. The van der Waals surface area contributed by atoms with E-state index in [-0.39, 0.29) is 17.9 Å². The molecule has 2 rings (SSSR count). The highest BCUT2D eigenvalue weighted by Crippen LogP contribution is 2.24. The molecule has 0 bridgehead atoms. The van der Waals surface area contributed by atoms with Crippen LogP contribution in [0.25, 0.3) is 0 Å². The van der Waals surface area contributed by atoms with E-state index in [1.807, 2.05) is 12.1 Å². The van der Waals surface area contributed by atoms with Gasteiger partial charge in [0.1, 0.15) is 0 Å². The second-order valence-electron chi connectivity index (χ2n) is 4.52. The molecule has 2 N–H and O–H groups in total. The van der Waals surface area contributed by atoms with Gasteiger partial charge >= 0.3 is 0 Å². The largest absolute Gasteiger partial charge is 0.393 e. The third-order valence-corrected chi connectivity index (χ3v) is 3.53. The lowest BCUT2D eigenvalue weighted by Gasteiger charge is -2.15. The molecular weight excluding hydrogens is 234 g/mol. The fourth-order valence-corrected chi connectivity index (χ4v) is 2.45. The summed E-state index contributed by atoms with van der Waals surface area (Å²) < 4.78 is 0. The first kappa shape index (κ1) is 12.5. The molecule has 2 atom stereocenters. The second kappa shape index (κ2) is 5.56. The highest BCUT2D eigenvalue weighted by Gasteiger charge is 2.25. The SMILES string of the molecule is O=C(NCC1CCCC1O)c1cccc(S)c1. The summed E-state index contributed by atoms with van der Waals surface area (Å²) in [5.74, 6) is 0.109. The first-order valence-electron chi connectivity index (χ1n) is 5.92. The number of aliphatic hydroxyl groups is 1. The molecule has 0 aliphatic heterocycles. The summed E-state index contributed by atoms with van der Waals surface area (Å²) in [5, 5.41) is 12.5. The molecule has 1 aromatic carbocycles. The van der Waals surface area contributed by atoms with E-state index in [4.69, 9.17) is 0 Å². The van der Waals surface area contributed by atoms with Crippen molar-refractivity contribution < 1.29 is 9.90 Å². The monoisotopic (exact) mass is 251 g/mol. The Kier molecular flexibility index (Phi) is 4.07. The van der Waals surface area contributed by atoms with Gasteiger partial charge in [-0.15, -0.1) is 12.6 Å². The predicted molar refractivity (Wildman–Crippen MR) is 69.4 cm³/mol. The Morgan fingerprint density at radius 2 is 2.29 bits per heavy atom. The van der Waals surface area contributed by atoms with Crippen molar-refractivity contribution in [3.8, 4) is 0 Å². The molecule has 0 heterocycles. The van der Waals surface area contributed by atoms with E-state index < -0.39 is 0 Å². The van der Waals surface area contributed by atoms with Crippen LogP contribution in [0.3, 0.4) is 0 Å². The van der Waals surface area contributed by atoms with Gasteiger partial charge in [-0.25, -0.2) is 0 Å². The molecule has 1 amide bonds. The van der Waals surface area contributed by atoms with Gasteiger partial charge in [0.25, 0.3) is 5.91 Å². The molecule has 0 spiro atoms. The highest BCUT2D eigenvalue weighted by molar-refractivity contribution is 7.80. The van der Waals surface area contributed by atoms with Crippen molar-refractivity contribution >= 4 is 18.5 Å². The van der Waals surface area contributed by atoms with E-state index in [0.717, 1.165) is 24.2 Å². The number of hydrogen-bond acceptors (Lipinski definition) is 3. The summed E-state index contributed by atoms with van der Waals surface area (Å²) in [4.78, 5) is 12.6. The second-order valence-corrected chi connectivity index (χ2v) is 5.04. The number of carbonyl (C=O) groups excluding carboxylic acids is 1. The minimum atomic E-state index is -0.258. The molecule has 1 saturated carbocycles. The molecule has 0 aromatic heterocycles. The van der Waals surface area contributed by atoms with Crippen LogP contribution >= 0.6 is 12.6 Å². The number of rotatable bonds is 3. The van der Waals surface area contributed by atoms with Crippen LogP contribution in [0.15, 0.2) is 29.2 Å². The van der Waals surface area contributed by atoms with Gasteiger partial charge in [-0.3, -0.25) is 4.79 Å². The van der Waals surface area contributed by atoms with Gasteiger partial charge in [-0.1, -0.05) is 12.5 Å². The molecule has 92 valence electrons. The number of hydrogen-bond donors (Lipinski definition) is 3. The first-order chi connectivity index (χ1) is 8.16. The van der Waals surface area contributed by atoms with Gasteiger partial charge < -0.3 is 10.4 Å². The Hall–Kier alpha value is -1.00. The van der Waals surface area contributed by atoms with Gasteiger partial charge in [0.15, 0.2) is 0 Å². The van der Waals surface area contributed by atoms with Crippen molar-refractivity contribution in [2.75, 3.05) is 6.54 Å². The fourth-order valence-electron chi connectivity index (χ4n) is 2.23. The van der Waals surface area contributed by atoms with Crippen LogP contribution in [-0.2, 0) is 0 Å². The van der Waals surface area contributed by atoms with E-state index >= 15 is 0 Å². The molecule has 0 radical (unpaired) electrons. The van der Waals surface area contributed by atoms with Crippen molar-refractivity contribution in [3.05, 3.63) is 29.8 Å². The highest BCUT2D eigenvalue weighted by atomic mass is 32.1. The number of benzene rings is 1. The molecule has 0 saturated heterocycles. The quantitative estimate of drug-likeness (QED) is 0.718. The van der Waals surface area contributed by atoms with Gasteiger partial charge in [-0.2, -0.15) is 0 Å². The average Bonchev–Trinajstić information content (AvgIpc) is 2.72. The summed E-state index contributed by atoms with van der Waals surface area (Å²) in [6.07, 6.45) is 2.64. The Labute approximate surface area is 107 Å². The molecule has 1 fully saturated rings. The minimum absolute atomic E-state index is 0.0972. The topological polar surface area (TPSA) is 49.3 Å². The van der Waals surface area contributed by atoms with Crippen LogP contribution in [0.5, 0.6) is 0 Å². The minimum Gasteiger partial charge on any atom is -0.393 e. The summed E-state index contributed by atoms with van der Waals surface area (Å²) >= 11 is 4.20. The summed E-state index contributed by atoms with van der Waals surface area (Å²) in [6.45, 7) is 0.552. The third kappa shape index (κ3) is 3.23. The number of thiol groups is 1. The molecule has 1 aliphatic carbocycles. The van der Waals surface area contributed by atoms with Crippen molar-refractivity contribution in [3.63, 3.8) is 0 Å². The van der Waals surface area contributed by atoms with Gasteiger partial charge in [0.05, 0.1) is 6.10 Å². The summed E-state index contributed by atoms with van der Waals surface area (Å²) in [5.41, 5.74) is 0.616. The molecule has 4 heteroatoms. The lowest BCUT2D eigenvalue weighted by Crippen LogP contribution is -2.32. The Bertz CT molecular complexity index is 408. The lowest BCUT2D eigenvalue weighted by atomic mass is 10.1. The molecule has 1 aromatic rings. The van der Waals surface area contributed by atoms with E-state index in [1.54, 1.807) is 12.1 Å². The zero-order valence-corrected chi connectivity index (χ0v) is 10.5. The van der Waals surface area contributed by atoms with E-state index in [9.17, 15) is 9.90 Å². The molecule has 17 heavy (non-hydrogen) atoms. The van der Waals surface area contributed by atoms with Crippen LogP contribution in [0.2, 0.25) is 0 Å². The number of nitrogens with one attached hydrogen (secondary N) is 1. The van der Waals surface area contributed by atoms with E-state index in [1.165, 1.54) is 0 Å². The third-order valence-electron chi connectivity index (χ3n) is 3.25. The Balaban J connectivity index is 1.89. The molecule has 2 unspecified atom stereocenters. The number of amides is 1. The summed E-state index contributed by atoms with van der Waals surface area (Å²) in [7, 11) is 0. The normalized spacial score (nSPS) is 23.6. The van der Waals surface area contributed by atoms with Crippen molar-refractivity contribution in [2.24, 2.45) is 5.92 Å². The van der Waals surface area contributed by atoms with Gasteiger partial charge in [-0.05, 0) is 31.0 Å². The maximum atomic E-state index is 11.8. The smallest absolute Gasteiger partial charge is 0.251 e. The lowest BCUT2D eigenvalue weighted by molar-refractivity contribution is 0.0916.